The minimum atomic E-state index is -0.155. The van der Waals surface area contributed by atoms with Crippen molar-refractivity contribution in [3.8, 4) is 0 Å². The molecular formula is C12H24IN3O2. The minimum absolute atomic E-state index is 0. The summed E-state index contributed by atoms with van der Waals surface area (Å²) in [5, 5.41) is 0. The fourth-order valence-electron chi connectivity index (χ4n) is 1.90. The molecule has 1 saturated heterocycles. The Morgan fingerprint density at radius 2 is 1.94 bits per heavy atom. The number of ether oxygens (including phenoxy) is 1. The van der Waals surface area contributed by atoms with Gasteiger partial charge in [0.15, 0.2) is 5.96 Å². The molecule has 2 N–H and O–H groups in total. The maximum Gasteiger partial charge on any atom is 0.305 e. The van der Waals surface area contributed by atoms with Crippen LogP contribution in [0, 0.1) is 0 Å². The Balaban J connectivity index is 0.00000289. The zero-order chi connectivity index (χ0) is 12.5. The van der Waals surface area contributed by atoms with Gasteiger partial charge in [-0.1, -0.05) is 0 Å². The molecule has 6 heteroatoms. The number of aliphatic imine (C=N–C) groups is 1. The van der Waals surface area contributed by atoms with Gasteiger partial charge in [0.05, 0.1) is 7.11 Å². The second-order valence-electron chi connectivity index (χ2n) is 4.32. The van der Waals surface area contributed by atoms with E-state index in [0.29, 0.717) is 18.9 Å². The molecule has 1 aliphatic rings. The van der Waals surface area contributed by atoms with Crippen LogP contribution >= 0.6 is 24.0 Å². The molecule has 0 atom stereocenters. The summed E-state index contributed by atoms with van der Waals surface area (Å²) >= 11 is 0. The lowest BCUT2D eigenvalue weighted by Gasteiger charge is -2.27. The number of halogens is 1. The number of rotatable bonds is 5. The molecule has 1 fully saturated rings. The van der Waals surface area contributed by atoms with Crippen molar-refractivity contribution in [2.75, 3.05) is 26.7 Å². The van der Waals surface area contributed by atoms with Crippen LogP contribution in [-0.4, -0.2) is 43.6 Å². The lowest BCUT2D eigenvalue weighted by atomic mass is 10.1. The number of likely N-dealkylation sites (tertiary alicyclic amines) is 1. The Morgan fingerprint density at radius 3 is 2.56 bits per heavy atom. The van der Waals surface area contributed by atoms with Gasteiger partial charge < -0.3 is 15.4 Å². The highest BCUT2D eigenvalue weighted by atomic mass is 127. The van der Waals surface area contributed by atoms with Crippen molar-refractivity contribution in [3.05, 3.63) is 0 Å². The molecule has 0 aliphatic carbocycles. The molecular weight excluding hydrogens is 345 g/mol. The summed E-state index contributed by atoms with van der Waals surface area (Å²) in [5.41, 5.74) is 5.90. The molecule has 1 aliphatic heterocycles. The molecule has 1 heterocycles. The number of methoxy groups -OCH3 is 1. The number of guanidine groups is 1. The summed E-state index contributed by atoms with van der Waals surface area (Å²) < 4.78 is 4.57. The third-order valence-corrected chi connectivity index (χ3v) is 2.97. The quantitative estimate of drug-likeness (QED) is 0.264. The maximum absolute atomic E-state index is 10.9. The van der Waals surface area contributed by atoms with Gasteiger partial charge in [0, 0.05) is 26.1 Å². The zero-order valence-corrected chi connectivity index (χ0v) is 13.4. The van der Waals surface area contributed by atoms with Gasteiger partial charge in [0.25, 0.3) is 0 Å². The van der Waals surface area contributed by atoms with E-state index in [2.05, 4.69) is 14.6 Å². The predicted molar refractivity (Wildman–Crippen MR) is 83.2 cm³/mol. The van der Waals surface area contributed by atoms with Gasteiger partial charge in [-0.05, 0) is 32.1 Å². The first kappa shape index (κ1) is 17.5. The number of hydrogen-bond acceptors (Lipinski definition) is 3. The van der Waals surface area contributed by atoms with Gasteiger partial charge in [-0.25, -0.2) is 0 Å². The molecule has 0 radical (unpaired) electrons. The van der Waals surface area contributed by atoms with Crippen molar-refractivity contribution >= 4 is 35.9 Å². The third kappa shape index (κ3) is 7.03. The lowest BCUT2D eigenvalue weighted by Crippen LogP contribution is -2.40. The van der Waals surface area contributed by atoms with Gasteiger partial charge in [0.1, 0.15) is 0 Å². The molecule has 106 valence electrons. The van der Waals surface area contributed by atoms with E-state index >= 15 is 0 Å². The van der Waals surface area contributed by atoms with Crippen LogP contribution in [0.25, 0.3) is 0 Å². The standard InChI is InChI=1S/C12H23N3O2.HI/c1-17-11(16)7-3-4-8-14-12(13)15-9-5-2-6-10-15;/h2-10H2,1H3,(H2,13,14);1H. The van der Waals surface area contributed by atoms with Crippen molar-refractivity contribution in [2.24, 2.45) is 10.7 Å². The first-order chi connectivity index (χ1) is 8.24. The van der Waals surface area contributed by atoms with Crippen LogP contribution in [0.2, 0.25) is 0 Å². The van der Waals surface area contributed by atoms with Crippen LogP contribution in [0.3, 0.4) is 0 Å². The highest BCUT2D eigenvalue weighted by molar-refractivity contribution is 14.0. The molecule has 0 aromatic heterocycles. The SMILES string of the molecule is COC(=O)CCCCN=C(N)N1CCCCC1.I. The van der Waals surface area contributed by atoms with E-state index < -0.39 is 0 Å². The fourth-order valence-corrected chi connectivity index (χ4v) is 1.90. The van der Waals surface area contributed by atoms with Crippen molar-refractivity contribution in [1.29, 1.82) is 0 Å². The number of nitrogens with zero attached hydrogens (tertiary/aromatic N) is 2. The molecule has 0 amide bonds. The van der Waals surface area contributed by atoms with Crippen LogP contribution < -0.4 is 5.73 Å². The van der Waals surface area contributed by atoms with Crippen LogP contribution in [0.5, 0.6) is 0 Å². The summed E-state index contributed by atoms with van der Waals surface area (Å²) in [7, 11) is 1.41. The highest BCUT2D eigenvalue weighted by Crippen LogP contribution is 2.08. The van der Waals surface area contributed by atoms with Crippen LogP contribution in [-0.2, 0) is 9.53 Å². The number of piperidine rings is 1. The zero-order valence-electron chi connectivity index (χ0n) is 11.1. The summed E-state index contributed by atoms with van der Waals surface area (Å²) in [4.78, 5) is 17.3. The van der Waals surface area contributed by atoms with E-state index in [1.54, 1.807) is 0 Å². The topological polar surface area (TPSA) is 67.9 Å². The first-order valence-electron chi connectivity index (χ1n) is 6.35. The summed E-state index contributed by atoms with van der Waals surface area (Å²) in [6.45, 7) is 2.74. The van der Waals surface area contributed by atoms with Gasteiger partial charge in [0.2, 0.25) is 0 Å². The van der Waals surface area contributed by atoms with E-state index in [-0.39, 0.29) is 29.9 Å². The van der Waals surface area contributed by atoms with Gasteiger partial charge >= 0.3 is 5.97 Å². The summed E-state index contributed by atoms with van der Waals surface area (Å²) in [5.74, 6) is 0.501. The second-order valence-corrected chi connectivity index (χ2v) is 4.32. The molecule has 5 nitrogen and oxygen atoms in total. The normalized spacial score (nSPS) is 16.1. The fraction of sp³-hybridized carbons (Fsp3) is 0.833. The minimum Gasteiger partial charge on any atom is -0.469 e. The molecule has 0 aromatic carbocycles. The third-order valence-electron chi connectivity index (χ3n) is 2.97. The van der Waals surface area contributed by atoms with E-state index in [0.717, 1.165) is 25.9 Å². The van der Waals surface area contributed by atoms with Crippen LogP contribution in [0.1, 0.15) is 38.5 Å². The molecule has 0 unspecified atom stereocenters. The van der Waals surface area contributed by atoms with Crippen LogP contribution in [0.15, 0.2) is 4.99 Å². The Bertz CT molecular complexity index is 266. The van der Waals surface area contributed by atoms with E-state index in [4.69, 9.17) is 5.73 Å². The number of nitrogens with two attached hydrogens (primary N) is 1. The molecule has 18 heavy (non-hydrogen) atoms. The van der Waals surface area contributed by atoms with Crippen molar-refractivity contribution in [1.82, 2.24) is 4.90 Å². The predicted octanol–water partition coefficient (Wildman–Crippen LogP) is 1.75. The smallest absolute Gasteiger partial charge is 0.305 e. The summed E-state index contributed by atoms with van der Waals surface area (Å²) in [6, 6.07) is 0. The van der Waals surface area contributed by atoms with Gasteiger partial charge in [-0.15, -0.1) is 24.0 Å². The van der Waals surface area contributed by atoms with Crippen molar-refractivity contribution in [3.63, 3.8) is 0 Å². The number of hydrogen-bond donors (Lipinski definition) is 1. The largest absolute Gasteiger partial charge is 0.469 e. The molecule has 0 bridgehead atoms. The Labute approximate surface area is 126 Å². The van der Waals surface area contributed by atoms with Crippen LogP contribution in [0.4, 0.5) is 0 Å². The Kier molecular flexibility index (Phi) is 10.1. The highest BCUT2D eigenvalue weighted by Gasteiger charge is 2.11. The number of esters is 1. The average molecular weight is 369 g/mol. The summed E-state index contributed by atoms with van der Waals surface area (Å²) in [6.07, 6.45) is 5.86. The van der Waals surface area contributed by atoms with Gasteiger partial charge in [-0.3, -0.25) is 9.79 Å². The number of carbonyl (C=O) groups is 1. The van der Waals surface area contributed by atoms with Crippen molar-refractivity contribution < 1.29 is 9.53 Å². The molecule has 0 spiro atoms. The van der Waals surface area contributed by atoms with Crippen molar-refractivity contribution in [2.45, 2.75) is 38.5 Å². The Morgan fingerprint density at radius 1 is 1.28 bits per heavy atom. The first-order valence-corrected chi connectivity index (χ1v) is 6.35. The maximum atomic E-state index is 10.9. The molecule has 0 aromatic rings. The monoisotopic (exact) mass is 369 g/mol. The molecule has 0 saturated carbocycles. The lowest BCUT2D eigenvalue weighted by molar-refractivity contribution is -0.140. The van der Waals surface area contributed by atoms with E-state index in [1.807, 2.05) is 0 Å². The van der Waals surface area contributed by atoms with E-state index in [1.165, 1.54) is 26.4 Å². The van der Waals surface area contributed by atoms with E-state index in [9.17, 15) is 4.79 Å². The average Bonchev–Trinajstić information content (AvgIpc) is 2.38. The Hall–Kier alpha value is -0.530. The molecule has 1 rings (SSSR count). The number of carbonyl (C=O) groups excluding carboxylic acids is 1. The number of unbranched alkanes of at least 4 members (excludes halogenated alkanes) is 1. The second kappa shape index (κ2) is 10.4. The van der Waals surface area contributed by atoms with Gasteiger partial charge in [-0.2, -0.15) is 0 Å².